The Bertz CT molecular complexity index is 728. The fourth-order valence-electron chi connectivity index (χ4n) is 2.76. The van der Waals surface area contributed by atoms with E-state index >= 15 is 0 Å². The highest BCUT2D eigenvalue weighted by molar-refractivity contribution is 6.35. The lowest BCUT2D eigenvalue weighted by Crippen LogP contribution is -2.38. The Morgan fingerprint density at radius 1 is 1.17 bits per heavy atom. The summed E-state index contributed by atoms with van der Waals surface area (Å²) in [6, 6.07) is 8.95. The van der Waals surface area contributed by atoms with Crippen molar-refractivity contribution in [2.24, 2.45) is 5.92 Å². The summed E-state index contributed by atoms with van der Waals surface area (Å²) in [4.78, 5) is 14.6. The van der Waals surface area contributed by atoms with Gasteiger partial charge in [-0.1, -0.05) is 23.2 Å². The predicted octanol–water partition coefficient (Wildman–Crippen LogP) is 3.95. The number of benzene rings is 1. The van der Waals surface area contributed by atoms with E-state index < -0.39 is 0 Å². The topological polar surface area (TPSA) is 58.1 Å². The molecule has 0 unspecified atom stereocenters. The number of aromatic nitrogens is 2. The summed E-state index contributed by atoms with van der Waals surface area (Å²) in [6.07, 6.45) is 1.53. The summed E-state index contributed by atoms with van der Waals surface area (Å²) in [6.45, 7) is 3.46. The molecule has 1 amide bonds. The first-order chi connectivity index (χ1) is 11.5. The molecule has 1 fully saturated rings. The van der Waals surface area contributed by atoms with Crippen molar-refractivity contribution in [2.45, 2.75) is 19.8 Å². The average molecular weight is 365 g/mol. The third-order valence-electron chi connectivity index (χ3n) is 4.16. The van der Waals surface area contributed by atoms with E-state index in [1.165, 1.54) is 0 Å². The van der Waals surface area contributed by atoms with Crippen molar-refractivity contribution in [3.8, 4) is 0 Å². The van der Waals surface area contributed by atoms with Crippen LogP contribution in [0.4, 0.5) is 11.5 Å². The molecule has 1 aliphatic heterocycles. The third-order valence-corrected chi connectivity index (χ3v) is 4.72. The SMILES string of the molecule is Cc1ccc(N2CCC(C(=O)Nc3cc(Cl)ccc3Cl)CC2)nn1. The average Bonchev–Trinajstić information content (AvgIpc) is 2.59. The van der Waals surface area contributed by atoms with Gasteiger partial charge >= 0.3 is 0 Å². The van der Waals surface area contributed by atoms with Crippen LogP contribution in [0.3, 0.4) is 0 Å². The minimum Gasteiger partial charge on any atom is -0.355 e. The summed E-state index contributed by atoms with van der Waals surface area (Å²) >= 11 is 12.1. The van der Waals surface area contributed by atoms with E-state index in [2.05, 4.69) is 20.4 Å². The van der Waals surface area contributed by atoms with Gasteiger partial charge in [0.15, 0.2) is 5.82 Å². The lowest BCUT2D eigenvalue weighted by molar-refractivity contribution is -0.120. The maximum absolute atomic E-state index is 12.5. The minimum atomic E-state index is -0.0466. The number of piperidine rings is 1. The van der Waals surface area contributed by atoms with E-state index in [-0.39, 0.29) is 11.8 Å². The van der Waals surface area contributed by atoms with Crippen LogP contribution in [0.1, 0.15) is 18.5 Å². The highest BCUT2D eigenvalue weighted by Crippen LogP contribution is 2.28. The molecule has 0 spiro atoms. The number of amides is 1. The van der Waals surface area contributed by atoms with Crippen molar-refractivity contribution in [2.75, 3.05) is 23.3 Å². The van der Waals surface area contributed by atoms with Gasteiger partial charge in [0, 0.05) is 24.0 Å². The number of carbonyl (C=O) groups excluding carboxylic acids is 1. The zero-order valence-electron chi connectivity index (χ0n) is 13.3. The van der Waals surface area contributed by atoms with Gasteiger partial charge in [0.1, 0.15) is 0 Å². The van der Waals surface area contributed by atoms with Gasteiger partial charge < -0.3 is 10.2 Å². The molecular formula is C17H18Cl2N4O. The summed E-state index contributed by atoms with van der Waals surface area (Å²) in [5.74, 6) is 0.792. The minimum absolute atomic E-state index is 0.0196. The molecule has 1 aromatic carbocycles. The zero-order chi connectivity index (χ0) is 17.1. The van der Waals surface area contributed by atoms with E-state index in [1.807, 2.05) is 19.1 Å². The van der Waals surface area contributed by atoms with E-state index in [0.717, 1.165) is 37.4 Å². The number of halogens is 2. The van der Waals surface area contributed by atoms with Crippen molar-refractivity contribution in [3.63, 3.8) is 0 Å². The first-order valence-corrected chi connectivity index (χ1v) is 8.60. The summed E-state index contributed by atoms with van der Waals surface area (Å²) in [5, 5.41) is 12.2. The number of hydrogen-bond acceptors (Lipinski definition) is 4. The number of nitrogens with one attached hydrogen (secondary N) is 1. The quantitative estimate of drug-likeness (QED) is 0.895. The van der Waals surface area contributed by atoms with Crippen molar-refractivity contribution < 1.29 is 4.79 Å². The van der Waals surface area contributed by atoms with Crippen molar-refractivity contribution in [1.82, 2.24) is 10.2 Å². The van der Waals surface area contributed by atoms with E-state index in [1.54, 1.807) is 18.2 Å². The molecule has 1 aromatic heterocycles. The molecular weight excluding hydrogens is 347 g/mol. The molecule has 24 heavy (non-hydrogen) atoms. The lowest BCUT2D eigenvalue weighted by atomic mass is 9.96. The molecule has 0 saturated carbocycles. The Morgan fingerprint density at radius 3 is 2.58 bits per heavy atom. The Hall–Kier alpha value is -1.85. The van der Waals surface area contributed by atoms with Crippen LogP contribution in [0.2, 0.25) is 10.0 Å². The van der Waals surface area contributed by atoms with Crippen LogP contribution in [-0.2, 0) is 4.79 Å². The van der Waals surface area contributed by atoms with Crippen LogP contribution >= 0.6 is 23.2 Å². The van der Waals surface area contributed by atoms with Crippen LogP contribution in [0.25, 0.3) is 0 Å². The summed E-state index contributed by atoms with van der Waals surface area (Å²) in [7, 11) is 0. The summed E-state index contributed by atoms with van der Waals surface area (Å²) < 4.78 is 0. The second-order valence-electron chi connectivity index (χ2n) is 5.91. The van der Waals surface area contributed by atoms with Crippen molar-refractivity contribution in [1.29, 1.82) is 0 Å². The summed E-state index contributed by atoms with van der Waals surface area (Å²) in [5.41, 5.74) is 1.45. The number of carbonyl (C=O) groups is 1. The third kappa shape index (κ3) is 3.97. The second-order valence-corrected chi connectivity index (χ2v) is 6.75. The fourth-order valence-corrected chi connectivity index (χ4v) is 3.10. The first kappa shape index (κ1) is 17.0. The van der Waals surface area contributed by atoms with E-state index in [0.29, 0.717) is 15.7 Å². The van der Waals surface area contributed by atoms with Gasteiger partial charge in [0.25, 0.3) is 0 Å². The van der Waals surface area contributed by atoms with Gasteiger partial charge in [-0.3, -0.25) is 4.79 Å². The van der Waals surface area contributed by atoms with Crippen LogP contribution in [-0.4, -0.2) is 29.2 Å². The standard InChI is InChI=1S/C17H18Cl2N4O/c1-11-2-5-16(22-21-11)23-8-6-12(7-9-23)17(24)20-15-10-13(18)3-4-14(15)19/h2-5,10,12H,6-9H2,1H3,(H,20,24). The maximum atomic E-state index is 12.5. The van der Waals surface area contributed by atoms with Crippen LogP contribution in [0.15, 0.2) is 30.3 Å². The number of nitrogens with zero attached hydrogens (tertiary/aromatic N) is 3. The molecule has 1 N–H and O–H groups in total. The molecule has 1 saturated heterocycles. The Labute approximate surface area is 151 Å². The fraction of sp³-hybridized carbons (Fsp3) is 0.353. The van der Waals surface area contributed by atoms with Crippen molar-refractivity contribution >= 4 is 40.6 Å². The van der Waals surface area contributed by atoms with Gasteiger partial charge in [0.05, 0.1) is 16.4 Å². The lowest BCUT2D eigenvalue weighted by Gasteiger charge is -2.31. The molecule has 126 valence electrons. The van der Waals surface area contributed by atoms with Crippen molar-refractivity contribution in [3.05, 3.63) is 46.1 Å². The monoisotopic (exact) mass is 364 g/mol. The van der Waals surface area contributed by atoms with Gasteiger partial charge in [-0.15, -0.1) is 5.10 Å². The normalized spacial score (nSPS) is 15.4. The van der Waals surface area contributed by atoms with Crippen LogP contribution < -0.4 is 10.2 Å². The van der Waals surface area contributed by atoms with Gasteiger partial charge in [-0.05, 0) is 50.1 Å². The molecule has 0 bridgehead atoms. The molecule has 0 atom stereocenters. The molecule has 2 heterocycles. The number of anilines is 2. The zero-order valence-corrected chi connectivity index (χ0v) is 14.8. The molecule has 0 radical (unpaired) electrons. The second kappa shape index (κ2) is 7.36. The first-order valence-electron chi connectivity index (χ1n) is 7.84. The molecule has 2 aromatic rings. The van der Waals surface area contributed by atoms with Gasteiger partial charge in [-0.25, -0.2) is 0 Å². The van der Waals surface area contributed by atoms with Crippen LogP contribution in [0, 0.1) is 12.8 Å². The number of hydrogen-bond donors (Lipinski definition) is 1. The highest BCUT2D eigenvalue weighted by Gasteiger charge is 2.26. The predicted molar refractivity (Wildman–Crippen MR) is 96.8 cm³/mol. The van der Waals surface area contributed by atoms with E-state index in [4.69, 9.17) is 23.2 Å². The molecule has 1 aliphatic rings. The Morgan fingerprint density at radius 2 is 1.92 bits per heavy atom. The van der Waals surface area contributed by atoms with Gasteiger partial charge in [0.2, 0.25) is 5.91 Å². The Balaban J connectivity index is 1.59. The number of aryl methyl sites for hydroxylation is 1. The molecule has 3 rings (SSSR count). The molecule has 7 heteroatoms. The smallest absolute Gasteiger partial charge is 0.227 e. The highest BCUT2D eigenvalue weighted by atomic mass is 35.5. The number of rotatable bonds is 3. The molecule has 0 aliphatic carbocycles. The maximum Gasteiger partial charge on any atom is 0.227 e. The van der Waals surface area contributed by atoms with E-state index in [9.17, 15) is 4.79 Å². The van der Waals surface area contributed by atoms with Gasteiger partial charge in [-0.2, -0.15) is 5.10 Å². The largest absolute Gasteiger partial charge is 0.355 e. The van der Waals surface area contributed by atoms with Crippen LogP contribution in [0.5, 0.6) is 0 Å². The Kier molecular flexibility index (Phi) is 5.21. The molecule has 5 nitrogen and oxygen atoms in total.